The van der Waals surface area contributed by atoms with Crippen LogP contribution in [0.25, 0.3) is 0 Å². The highest BCUT2D eigenvalue weighted by atomic mass is 16.3. The van der Waals surface area contributed by atoms with Gasteiger partial charge in [0.25, 0.3) is 0 Å². The number of nitrogens with one attached hydrogen (secondary N) is 2. The molecule has 88 valence electrons. The van der Waals surface area contributed by atoms with Gasteiger partial charge >= 0.3 is 0 Å². The molecule has 0 saturated carbocycles. The van der Waals surface area contributed by atoms with Crippen LogP contribution in [0.15, 0.2) is 24.3 Å². The van der Waals surface area contributed by atoms with Gasteiger partial charge in [-0.25, -0.2) is 0 Å². The number of aliphatic hydroxyl groups excluding tert-OH is 1. The number of rotatable bonds is 5. The van der Waals surface area contributed by atoms with Crippen molar-refractivity contribution in [1.82, 2.24) is 5.32 Å². The van der Waals surface area contributed by atoms with Gasteiger partial charge in [-0.05, 0) is 26.0 Å². The van der Waals surface area contributed by atoms with Crippen molar-refractivity contribution in [1.29, 1.82) is 0 Å². The molecular formula is C12H18N2O2. The summed E-state index contributed by atoms with van der Waals surface area (Å²) >= 11 is 0. The molecule has 4 heteroatoms. The summed E-state index contributed by atoms with van der Waals surface area (Å²) < 4.78 is 0. The molecule has 3 N–H and O–H groups in total. The van der Waals surface area contributed by atoms with E-state index >= 15 is 0 Å². The zero-order valence-electron chi connectivity index (χ0n) is 9.66. The summed E-state index contributed by atoms with van der Waals surface area (Å²) in [5.74, 6) is -0.0997. The minimum Gasteiger partial charge on any atom is -0.395 e. The summed E-state index contributed by atoms with van der Waals surface area (Å²) in [5, 5.41) is 14.3. The first-order valence-electron chi connectivity index (χ1n) is 5.35. The van der Waals surface area contributed by atoms with E-state index in [9.17, 15) is 4.79 Å². The predicted octanol–water partition coefficient (Wildman–Crippen LogP) is 0.904. The number of aliphatic hydroxyl groups is 1. The van der Waals surface area contributed by atoms with Crippen LogP contribution in [-0.4, -0.2) is 30.2 Å². The highest BCUT2D eigenvalue weighted by Gasteiger charge is 2.11. The minimum absolute atomic E-state index is 0.0299. The Morgan fingerprint density at radius 3 is 2.56 bits per heavy atom. The Morgan fingerprint density at radius 2 is 2.00 bits per heavy atom. The smallest absolute Gasteiger partial charge is 0.241 e. The van der Waals surface area contributed by atoms with Crippen LogP contribution in [0.2, 0.25) is 0 Å². The summed E-state index contributed by atoms with van der Waals surface area (Å²) in [4.78, 5) is 11.6. The summed E-state index contributed by atoms with van der Waals surface area (Å²) in [6.45, 7) is 4.21. The fourth-order valence-electron chi connectivity index (χ4n) is 1.26. The highest BCUT2D eigenvalue weighted by Crippen LogP contribution is 2.08. The number of hydrogen-bond acceptors (Lipinski definition) is 3. The van der Waals surface area contributed by atoms with Gasteiger partial charge in [0.2, 0.25) is 5.91 Å². The zero-order chi connectivity index (χ0) is 12.0. The maximum atomic E-state index is 11.6. The Bertz CT molecular complexity index is 335. The molecule has 0 aliphatic heterocycles. The lowest BCUT2D eigenvalue weighted by Gasteiger charge is -2.13. The van der Waals surface area contributed by atoms with E-state index in [1.807, 2.05) is 31.2 Å². The lowest BCUT2D eigenvalue weighted by molar-refractivity contribution is -0.117. The molecule has 1 unspecified atom stereocenters. The van der Waals surface area contributed by atoms with Crippen molar-refractivity contribution in [3.05, 3.63) is 29.8 Å². The summed E-state index contributed by atoms with van der Waals surface area (Å²) in [5.41, 5.74) is 1.94. The van der Waals surface area contributed by atoms with Crippen LogP contribution in [-0.2, 0) is 4.79 Å². The molecule has 0 heterocycles. The highest BCUT2D eigenvalue weighted by molar-refractivity contribution is 5.94. The second kappa shape index (κ2) is 6.25. The van der Waals surface area contributed by atoms with Gasteiger partial charge < -0.3 is 15.7 Å². The average molecular weight is 222 g/mol. The van der Waals surface area contributed by atoms with Gasteiger partial charge in [-0.2, -0.15) is 0 Å². The number of aryl methyl sites for hydroxylation is 1. The van der Waals surface area contributed by atoms with Gasteiger partial charge in [-0.15, -0.1) is 0 Å². The van der Waals surface area contributed by atoms with Crippen LogP contribution in [0.5, 0.6) is 0 Å². The molecule has 0 radical (unpaired) electrons. The third-order valence-corrected chi connectivity index (χ3v) is 2.27. The third-order valence-electron chi connectivity index (χ3n) is 2.27. The van der Waals surface area contributed by atoms with Crippen LogP contribution >= 0.6 is 0 Å². The second-order valence-electron chi connectivity index (χ2n) is 3.75. The molecule has 0 bridgehead atoms. The topological polar surface area (TPSA) is 61.4 Å². The van der Waals surface area contributed by atoms with Gasteiger partial charge in [-0.1, -0.05) is 17.7 Å². The van der Waals surface area contributed by atoms with E-state index in [-0.39, 0.29) is 18.6 Å². The molecule has 0 aromatic heterocycles. The standard InChI is InChI=1S/C12H18N2O2/c1-9-3-5-11(6-4-9)14-12(16)10(2)13-7-8-15/h3-6,10,13,15H,7-8H2,1-2H3,(H,14,16). The van der Waals surface area contributed by atoms with Gasteiger partial charge in [0.05, 0.1) is 12.6 Å². The van der Waals surface area contributed by atoms with Gasteiger partial charge in [0.1, 0.15) is 0 Å². The Morgan fingerprint density at radius 1 is 1.38 bits per heavy atom. The first kappa shape index (κ1) is 12.7. The van der Waals surface area contributed by atoms with Crippen LogP contribution < -0.4 is 10.6 Å². The second-order valence-corrected chi connectivity index (χ2v) is 3.75. The molecule has 0 spiro atoms. The Hall–Kier alpha value is -1.39. The zero-order valence-corrected chi connectivity index (χ0v) is 9.66. The van der Waals surface area contributed by atoms with Crippen LogP contribution in [0, 0.1) is 6.92 Å². The molecule has 0 aliphatic rings. The normalized spacial score (nSPS) is 12.2. The van der Waals surface area contributed by atoms with E-state index in [1.54, 1.807) is 6.92 Å². The number of amides is 1. The monoisotopic (exact) mass is 222 g/mol. The Balaban J connectivity index is 2.47. The van der Waals surface area contributed by atoms with E-state index in [0.29, 0.717) is 6.54 Å². The predicted molar refractivity (Wildman–Crippen MR) is 64.4 cm³/mol. The Kier molecular flexibility index (Phi) is 4.95. The molecule has 0 saturated heterocycles. The molecular weight excluding hydrogens is 204 g/mol. The number of hydrogen-bond donors (Lipinski definition) is 3. The van der Waals surface area contributed by atoms with Crippen molar-refractivity contribution in [2.45, 2.75) is 19.9 Å². The first-order valence-corrected chi connectivity index (χ1v) is 5.35. The first-order chi connectivity index (χ1) is 7.63. The maximum absolute atomic E-state index is 11.6. The average Bonchev–Trinajstić information content (AvgIpc) is 2.29. The number of carbonyl (C=O) groups is 1. The van der Waals surface area contributed by atoms with Crippen molar-refractivity contribution in [3.63, 3.8) is 0 Å². The van der Waals surface area contributed by atoms with Gasteiger partial charge in [0, 0.05) is 12.2 Å². The van der Waals surface area contributed by atoms with Crippen molar-refractivity contribution in [2.75, 3.05) is 18.5 Å². The van der Waals surface area contributed by atoms with Crippen LogP contribution in [0.4, 0.5) is 5.69 Å². The lowest BCUT2D eigenvalue weighted by atomic mass is 10.2. The summed E-state index contributed by atoms with van der Waals surface area (Å²) in [6.07, 6.45) is 0. The molecule has 16 heavy (non-hydrogen) atoms. The molecule has 1 amide bonds. The fraction of sp³-hybridized carbons (Fsp3) is 0.417. The molecule has 4 nitrogen and oxygen atoms in total. The van der Waals surface area contributed by atoms with E-state index in [0.717, 1.165) is 11.3 Å². The summed E-state index contributed by atoms with van der Waals surface area (Å²) in [7, 11) is 0. The van der Waals surface area contributed by atoms with Crippen molar-refractivity contribution < 1.29 is 9.90 Å². The number of benzene rings is 1. The molecule has 1 rings (SSSR count). The van der Waals surface area contributed by atoms with Crippen molar-refractivity contribution in [3.8, 4) is 0 Å². The van der Waals surface area contributed by atoms with E-state index in [4.69, 9.17) is 5.11 Å². The van der Waals surface area contributed by atoms with Crippen LogP contribution in [0.3, 0.4) is 0 Å². The maximum Gasteiger partial charge on any atom is 0.241 e. The largest absolute Gasteiger partial charge is 0.395 e. The van der Waals surface area contributed by atoms with Gasteiger partial charge in [0.15, 0.2) is 0 Å². The summed E-state index contributed by atoms with van der Waals surface area (Å²) in [6, 6.07) is 7.31. The van der Waals surface area contributed by atoms with E-state index < -0.39 is 0 Å². The molecule has 0 aliphatic carbocycles. The third kappa shape index (κ3) is 4.00. The van der Waals surface area contributed by atoms with Crippen molar-refractivity contribution >= 4 is 11.6 Å². The fourth-order valence-corrected chi connectivity index (χ4v) is 1.26. The minimum atomic E-state index is -0.312. The van der Waals surface area contributed by atoms with Crippen molar-refractivity contribution in [2.24, 2.45) is 0 Å². The SMILES string of the molecule is Cc1ccc(NC(=O)C(C)NCCO)cc1. The Labute approximate surface area is 95.7 Å². The molecule has 1 aromatic rings. The quantitative estimate of drug-likeness (QED) is 0.693. The molecule has 1 aromatic carbocycles. The van der Waals surface area contributed by atoms with Gasteiger partial charge in [-0.3, -0.25) is 4.79 Å². The van der Waals surface area contributed by atoms with E-state index in [2.05, 4.69) is 10.6 Å². The number of anilines is 1. The van der Waals surface area contributed by atoms with Crippen LogP contribution in [0.1, 0.15) is 12.5 Å². The number of carbonyl (C=O) groups excluding carboxylic acids is 1. The lowest BCUT2D eigenvalue weighted by Crippen LogP contribution is -2.39. The molecule has 0 fully saturated rings. The van der Waals surface area contributed by atoms with E-state index in [1.165, 1.54) is 0 Å². The molecule has 1 atom stereocenters.